The molecule has 1 fully saturated rings. The zero-order chi connectivity index (χ0) is 18.0. The van der Waals surface area contributed by atoms with E-state index in [1.54, 1.807) is 38.1 Å². The van der Waals surface area contributed by atoms with Crippen LogP contribution >= 0.6 is 0 Å². The SMILES string of the molecule is COC(C)(C)OC1C(=O)N(C(=O)c2ccccc2)C1c1ccccc1. The third-order valence-electron chi connectivity index (χ3n) is 4.33. The van der Waals surface area contributed by atoms with Crippen molar-refractivity contribution in [1.82, 2.24) is 4.90 Å². The van der Waals surface area contributed by atoms with Gasteiger partial charge in [0, 0.05) is 12.7 Å². The summed E-state index contributed by atoms with van der Waals surface area (Å²) in [6.45, 7) is 3.48. The Labute approximate surface area is 147 Å². The zero-order valence-corrected chi connectivity index (χ0v) is 14.5. The Balaban J connectivity index is 1.93. The van der Waals surface area contributed by atoms with Crippen LogP contribution in [0.4, 0.5) is 0 Å². The minimum atomic E-state index is -0.921. The summed E-state index contributed by atoms with van der Waals surface area (Å²) in [6, 6.07) is 17.7. The van der Waals surface area contributed by atoms with Crippen molar-refractivity contribution in [2.75, 3.05) is 7.11 Å². The molecule has 2 unspecified atom stereocenters. The van der Waals surface area contributed by atoms with Gasteiger partial charge in [-0.3, -0.25) is 14.5 Å². The van der Waals surface area contributed by atoms with Crippen molar-refractivity contribution in [3.8, 4) is 0 Å². The average molecular weight is 339 g/mol. The number of hydrogen-bond donors (Lipinski definition) is 0. The Morgan fingerprint density at radius 3 is 2.12 bits per heavy atom. The maximum absolute atomic E-state index is 12.8. The number of imide groups is 1. The smallest absolute Gasteiger partial charge is 0.261 e. The lowest BCUT2D eigenvalue weighted by atomic mass is 9.89. The van der Waals surface area contributed by atoms with Crippen molar-refractivity contribution < 1.29 is 19.1 Å². The third kappa shape index (κ3) is 3.34. The molecular weight excluding hydrogens is 318 g/mol. The second kappa shape index (κ2) is 6.78. The fraction of sp³-hybridized carbons (Fsp3) is 0.300. The van der Waals surface area contributed by atoms with E-state index in [4.69, 9.17) is 9.47 Å². The normalized spacial score (nSPS) is 20.3. The van der Waals surface area contributed by atoms with Crippen LogP contribution in [0.15, 0.2) is 60.7 Å². The first kappa shape index (κ1) is 17.3. The van der Waals surface area contributed by atoms with E-state index in [0.717, 1.165) is 5.56 Å². The van der Waals surface area contributed by atoms with E-state index >= 15 is 0 Å². The van der Waals surface area contributed by atoms with Gasteiger partial charge in [-0.2, -0.15) is 0 Å². The number of nitrogens with zero attached hydrogens (tertiary/aromatic N) is 1. The number of rotatable bonds is 5. The first-order valence-corrected chi connectivity index (χ1v) is 8.15. The first-order chi connectivity index (χ1) is 11.9. The van der Waals surface area contributed by atoms with E-state index in [0.29, 0.717) is 5.56 Å². The molecule has 2 aromatic rings. The second-order valence-corrected chi connectivity index (χ2v) is 6.38. The van der Waals surface area contributed by atoms with Crippen molar-refractivity contribution in [3.05, 3.63) is 71.8 Å². The van der Waals surface area contributed by atoms with Crippen molar-refractivity contribution in [2.45, 2.75) is 31.8 Å². The van der Waals surface area contributed by atoms with Gasteiger partial charge in [0.2, 0.25) is 0 Å². The molecule has 0 saturated carbocycles. The minimum absolute atomic E-state index is 0.325. The number of carbonyl (C=O) groups excluding carboxylic acids is 2. The van der Waals surface area contributed by atoms with Crippen LogP contribution in [0.3, 0.4) is 0 Å². The molecule has 2 atom stereocenters. The van der Waals surface area contributed by atoms with Gasteiger partial charge in [0.05, 0.1) is 0 Å². The van der Waals surface area contributed by atoms with E-state index in [1.807, 2.05) is 36.4 Å². The molecule has 5 heteroatoms. The predicted molar refractivity (Wildman–Crippen MR) is 92.8 cm³/mol. The van der Waals surface area contributed by atoms with Gasteiger partial charge >= 0.3 is 0 Å². The highest BCUT2D eigenvalue weighted by Gasteiger charge is 2.54. The Bertz CT molecular complexity index is 758. The number of carbonyl (C=O) groups is 2. The van der Waals surface area contributed by atoms with E-state index in [2.05, 4.69) is 0 Å². The quantitative estimate of drug-likeness (QED) is 0.477. The van der Waals surface area contributed by atoms with Crippen LogP contribution in [0.5, 0.6) is 0 Å². The van der Waals surface area contributed by atoms with Gasteiger partial charge in [-0.05, 0) is 31.5 Å². The molecule has 0 spiro atoms. The molecule has 1 aliphatic heterocycles. The second-order valence-electron chi connectivity index (χ2n) is 6.38. The van der Waals surface area contributed by atoms with Crippen LogP contribution in [-0.4, -0.2) is 35.7 Å². The highest BCUT2D eigenvalue weighted by molar-refractivity contribution is 6.10. The van der Waals surface area contributed by atoms with Gasteiger partial charge in [-0.25, -0.2) is 0 Å². The van der Waals surface area contributed by atoms with E-state index in [1.165, 1.54) is 12.0 Å². The number of β-lactam (4-membered cyclic amide) rings is 1. The van der Waals surface area contributed by atoms with Crippen LogP contribution in [0.25, 0.3) is 0 Å². The van der Waals surface area contributed by atoms with Crippen LogP contribution < -0.4 is 0 Å². The van der Waals surface area contributed by atoms with Gasteiger partial charge in [-0.15, -0.1) is 0 Å². The summed E-state index contributed by atoms with van der Waals surface area (Å²) in [5, 5.41) is 0. The number of hydrogen-bond acceptors (Lipinski definition) is 4. The average Bonchev–Trinajstić information content (AvgIpc) is 2.65. The van der Waals surface area contributed by atoms with Gasteiger partial charge < -0.3 is 9.47 Å². The highest BCUT2D eigenvalue weighted by Crippen LogP contribution is 2.40. The number of benzene rings is 2. The fourth-order valence-electron chi connectivity index (χ4n) is 2.85. The lowest BCUT2D eigenvalue weighted by Crippen LogP contribution is -2.63. The molecule has 1 heterocycles. The molecule has 5 nitrogen and oxygen atoms in total. The molecule has 3 rings (SSSR count). The molecule has 0 bridgehead atoms. The molecule has 1 saturated heterocycles. The summed E-state index contributed by atoms with van der Waals surface area (Å²) < 4.78 is 11.1. The van der Waals surface area contributed by atoms with Gasteiger partial charge in [0.15, 0.2) is 11.9 Å². The van der Waals surface area contributed by atoms with E-state index in [9.17, 15) is 9.59 Å². The number of methoxy groups -OCH3 is 1. The third-order valence-corrected chi connectivity index (χ3v) is 4.33. The van der Waals surface area contributed by atoms with Crippen molar-refractivity contribution in [3.63, 3.8) is 0 Å². The number of amides is 2. The lowest BCUT2D eigenvalue weighted by Gasteiger charge is -2.47. The van der Waals surface area contributed by atoms with Crippen molar-refractivity contribution in [1.29, 1.82) is 0 Å². The maximum atomic E-state index is 12.8. The highest BCUT2D eigenvalue weighted by atomic mass is 16.7. The maximum Gasteiger partial charge on any atom is 0.261 e. The van der Waals surface area contributed by atoms with Crippen LogP contribution in [0.1, 0.15) is 35.8 Å². The van der Waals surface area contributed by atoms with Crippen molar-refractivity contribution in [2.24, 2.45) is 0 Å². The largest absolute Gasteiger partial charge is 0.354 e. The number of likely N-dealkylation sites (tertiary alicyclic amines) is 1. The van der Waals surface area contributed by atoms with Crippen molar-refractivity contribution >= 4 is 11.8 Å². The van der Waals surface area contributed by atoms with E-state index < -0.39 is 17.9 Å². The summed E-state index contributed by atoms with van der Waals surface area (Å²) in [7, 11) is 1.52. The molecule has 0 aliphatic carbocycles. The monoisotopic (exact) mass is 339 g/mol. The molecule has 0 N–H and O–H groups in total. The van der Waals surface area contributed by atoms with Gasteiger partial charge in [-0.1, -0.05) is 48.5 Å². The zero-order valence-electron chi connectivity index (χ0n) is 14.5. The Morgan fingerprint density at radius 1 is 1.00 bits per heavy atom. The summed E-state index contributed by atoms with van der Waals surface area (Å²) in [4.78, 5) is 26.8. The Morgan fingerprint density at radius 2 is 1.56 bits per heavy atom. The predicted octanol–water partition coefficient (Wildman–Crippen LogP) is 3.18. The summed E-state index contributed by atoms with van der Waals surface area (Å²) in [5.74, 6) is -1.60. The van der Waals surface area contributed by atoms with E-state index in [-0.39, 0.29) is 11.8 Å². The summed E-state index contributed by atoms with van der Waals surface area (Å²) >= 11 is 0. The van der Waals surface area contributed by atoms with Crippen LogP contribution in [-0.2, 0) is 14.3 Å². The first-order valence-electron chi connectivity index (χ1n) is 8.15. The summed E-state index contributed by atoms with van der Waals surface area (Å²) in [6.07, 6.45) is -0.759. The summed E-state index contributed by atoms with van der Waals surface area (Å²) in [5.41, 5.74) is 1.32. The molecule has 1 aliphatic rings. The lowest BCUT2D eigenvalue weighted by molar-refractivity contribution is -0.250. The molecule has 0 radical (unpaired) electrons. The minimum Gasteiger partial charge on any atom is -0.354 e. The standard InChI is InChI=1S/C20H21NO4/c1-20(2,24-3)25-17-16(14-10-6-4-7-11-14)21(19(17)23)18(22)15-12-8-5-9-13-15/h4-13,16-17H,1-3H3. The Kier molecular flexibility index (Phi) is 4.70. The number of ether oxygens (including phenoxy) is 2. The molecular formula is C20H21NO4. The Hall–Kier alpha value is -2.50. The molecule has 130 valence electrons. The van der Waals surface area contributed by atoms with Gasteiger partial charge in [0.1, 0.15) is 6.04 Å². The van der Waals surface area contributed by atoms with Crippen LogP contribution in [0.2, 0.25) is 0 Å². The topological polar surface area (TPSA) is 55.8 Å². The molecule has 2 amide bonds. The molecule has 0 aromatic heterocycles. The fourth-order valence-corrected chi connectivity index (χ4v) is 2.85. The van der Waals surface area contributed by atoms with Crippen LogP contribution in [0, 0.1) is 0 Å². The molecule has 2 aromatic carbocycles. The van der Waals surface area contributed by atoms with Gasteiger partial charge in [0.25, 0.3) is 11.8 Å². The molecule has 25 heavy (non-hydrogen) atoms.